The summed E-state index contributed by atoms with van der Waals surface area (Å²) in [7, 11) is 0. The first-order chi connectivity index (χ1) is 9.61. The van der Waals surface area contributed by atoms with E-state index in [2.05, 4.69) is 18.7 Å². The van der Waals surface area contributed by atoms with Gasteiger partial charge in [-0.1, -0.05) is 0 Å². The predicted molar refractivity (Wildman–Crippen MR) is 77.1 cm³/mol. The third kappa shape index (κ3) is 2.83. The highest BCUT2D eigenvalue weighted by atomic mass is 16.6. The monoisotopic (exact) mass is 278 g/mol. The molecule has 2 N–H and O–H groups in total. The average Bonchev–Trinajstić information content (AvgIpc) is 2.38. The van der Waals surface area contributed by atoms with Gasteiger partial charge in [-0.3, -0.25) is 4.90 Å². The number of ether oxygens (including phenoxy) is 3. The Bertz CT molecular complexity index is 482. The van der Waals surface area contributed by atoms with Crippen molar-refractivity contribution in [2.75, 3.05) is 32.0 Å². The Morgan fingerprint density at radius 2 is 1.70 bits per heavy atom. The van der Waals surface area contributed by atoms with Crippen LogP contribution in [0.15, 0.2) is 12.1 Å². The molecule has 2 aliphatic heterocycles. The van der Waals surface area contributed by atoms with Crippen LogP contribution in [0.3, 0.4) is 0 Å². The summed E-state index contributed by atoms with van der Waals surface area (Å²) >= 11 is 0. The van der Waals surface area contributed by atoms with Gasteiger partial charge in [0.05, 0.1) is 12.2 Å². The van der Waals surface area contributed by atoms with Crippen LogP contribution in [-0.4, -0.2) is 43.4 Å². The molecule has 0 bridgehead atoms. The zero-order valence-electron chi connectivity index (χ0n) is 12.1. The smallest absolute Gasteiger partial charge is 0.163 e. The maximum Gasteiger partial charge on any atom is 0.163 e. The lowest BCUT2D eigenvalue weighted by Crippen LogP contribution is -2.44. The van der Waals surface area contributed by atoms with E-state index in [1.54, 1.807) is 0 Å². The molecule has 0 unspecified atom stereocenters. The number of nitrogen functional groups attached to an aromatic ring is 1. The summed E-state index contributed by atoms with van der Waals surface area (Å²) in [5.41, 5.74) is 8.00. The van der Waals surface area contributed by atoms with Gasteiger partial charge in [0, 0.05) is 31.4 Å². The van der Waals surface area contributed by atoms with Gasteiger partial charge in [0.25, 0.3) is 0 Å². The second-order valence-electron chi connectivity index (χ2n) is 5.65. The van der Waals surface area contributed by atoms with Crippen LogP contribution in [0, 0.1) is 0 Å². The fraction of sp³-hybridized carbons (Fsp3) is 0.600. The van der Waals surface area contributed by atoms with E-state index in [1.165, 1.54) is 0 Å². The molecule has 1 aromatic carbocycles. The number of morpholine rings is 1. The predicted octanol–water partition coefficient (Wildman–Crippen LogP) is 1.65. The lowest BCUT2D eigenvalue weighted by molar-refractivity contribution is -0.0704. The van der Waals surface area contributed by atoms with Gasteiger partial charge in [0.1, 0.15) is 13.2 Å². The molecule has 0 spiro atoms. The first-order valence-electron chi connectivity index (χ1n) is 7.17. The Hall–Kier alpha value is -1.46. The average molecular weight is 278 g/mol. The van der Waals surface area contributed by atoms with Gasteiger partial charge in [0.15, 0.2) is 11.5 Å². The van der Waals surface area contributed by atoms with Crippen molar-refractivity contribution < 1.29 is 14.2 Å². The van der Waals surface area contributed by atoms with Crippen molar-refractivity contribution in [2.45, 2.75) is 32.6 Å². The number of rotatable bonds is 2. The Kier molecular flexibility index (Phi) is 3.72. The number of anilines is 1. The quantitative estimate of drug-likeness (QED) is 0.834. The summed E-state index contributed by atoms with van der Waals surface area (Å²) in [6.07, 6.45) is 0.523. The van der Waals surface area contributed by atoms with Gasteiger partial charge in [0.2, 0.25) is 0 Å². The Morgan fingerprint density at radius 1 is 1.10 bits per heavy atom. The highest BCUT2D eigenvalue weighted by molar-refractivity contribution is 5.58. The van der Waals surface area contributed by atoms with E-state index in [1.807, 2.05) is 12.1 Å². The molecule has 1 aromatic rings. The van der Waals surface area contributed by atoms with Crippen LogP contribution >= 0.6 is 0 Å². The van der Waals surface area contributed by atoms with Crippen molar-refractivity contribution in [2.24, 2.45) is 0 Å². The number of fused-ring (bicyclic) bond motifs is 1. The van der Waals surface area contributed by atoms with Crippen molar-refractivity contribution in [3.8, 4) is 11.5 Å². The number of hydrogen-bond donors (Lipinski definition) is 1. The Balaban J connectivity index is 1.76. The van der Waals surface area contributed by atoms with E-state index < -0.39 is 0 Å². The molecule has 0 aromatic heterocycles. The largest absolute Gasteiger partial charge is 0.486 e. The van der Waals surface area contributed by atoms with Crippen LogP contribution in [0.1, 0.15) is 19.4 Å². The highest BCUT2D eigenvalue weighted by Gasteiger charge is 2.23. The number of nitrogens with zero attached hydrogens (tertiary/aromatic N) is 1. The maximum absolute atomic E-state index is 6.14. The second kappa shape index (κ2) is 5.50. The van der Waals surface area contributed by atoms with Crippen LogP contribution in [-0.2, 0) is 11.3 Å². The third-order valence-corrected chi connectivity index (χ3v) is 3.69. The van der Waals surface area contributed by atoms with Gasteiger partial charge in [-0.2, -0.15) is 0 Å². The summed E-state index contributed by atoms with van der Waals surface area (Å²) in [6, 6.07) is 3.88. The molecule has 2 heterocycles. The fourth-order valence-electron chi connectivity index (χ4n) is 2.94. The van der Waals surface area contributed by atoms with Crippen LogP contribution < -0.4 is 15.2 Å². The topological polar surface area (TPSA) is 57.0 Å². The normalized spacial score (nSPS) is 26.5. The van der Waals surface area contributed by atoms with Crippen molar-refractivity contribution in [3.05, 3.63) is 17.7 Å². The van der Waals surface area contributed by atoms with E-state index in [9.17, 15) is 0 Å². The molecule has 3 rings (SSSR count). The Morgan fingerprint density at radius 3 is 2.35 bits per heavy atom. The molecule has 20 heavy (non-hydrogen) atoms. The number of benzene rings is 1. The molecule has 1 saturated heterocycles. The molecule has 0 radical (unpaired) electrons. The molecule has 2 atom stereocenters. The first kappa shape index (κ1) is 13.5. The molecule has 0 amide bonds. The van der Waals surface area contributed by atoms with Crippen molar-refractivity contribution in [1.29, 1.82) is 0 Å². The zero-order chi connectivity index (χ0) is 14.1. The van der Waals surface area contributed by atoms with Crippen molar-refractivity contribution in [1.82, 2.24) is 4.90 Å². The minimum atomic E-state index is 0.261. The highest BCUT2D eigenvalue weighted by Crippen LogP contribution is 2.35. The van der Waals surface area contributed by atoms with E-state index in [4.69, 9.17) is 19.9 Å². The minimum Gasteiger partial charge on any atom is -0.486 e. The number of nitrogens with two attached hydrogens (primary N) is 1. The van der Waals surface area contributed by atoms with Crippen LogP contribution in [0.5, 0.6) is 11.5 Å². The lowest BCUT2D eigenvalue weighted by Gasteiger charge is -2.35. The van der Waals surface area contributed by atoms with Crippen LogP contribution in [0.4, 0.5) is 5.69 Å². The standard InChI is InChI=1S/C15H22N2O3/c1-10-7-17(8-11(2)20-10)9-12-5-14-15(6-13(12)16)19-4-3-18-14/h5-6,10-11H,3-4,7-9,16H2,1-2H3/t10-,11+. The molecular formula is C15H22N2O3. The van der Waals surface area contributed by atoms with Gasteiger partial charge < -0.3 is 19.9 Å². The van der Waals surface area contributed by atoms with Crippen molar-refractivity contribution in [3.63, 3.8) is 0 Å². The van der Waals surface area contributed by atoms with Gasteiger partial charge >= 0.3 is 0 Å². The Labute approximate surface area is 119 Å². The molecule has 5 nitrogen and oxygen atoms in total. The van der Waals surface area contributed by atoms with Crippen LogP contribution in [0.2, 0.25) is 0 Å². The summed E-state index contributed by atoms with van der Waals surface area (Å²) in [6.45, 7) is 8.08. The van der Waals surface area contributed by atoms with E-state index in [-0.39, 0.29) is 12.2 Å². The van der Waals surface area contributed by atoms with E-state index in [0.29, 0.717) is 13.2 Å². The lowest BCUT2D eigenvalue weighted by atomic mass is 10.1. The SMILES string of the molecule is C[C@@H]1CN(Cc2cc3c(cc2N)OCCO3)C[C@H](C)O1. The molecule has 5 heteroatoms. The van der Waals surface area contributed by atoms with Crippen LogP contribution in [0.25, 0.3) is 0 Å². The van der Waals surface area contributed by atoms with Gasteiger partial charge in [-0.25, -0.2) is 0 Å². The molecular weight excluding hydrogens is 256 g/mol. The molecule has 110 valence electrons. The molecule has 0 saturated carbocycles. The third-order valence-electron chi connectivity index (χ3n) is 3.69. The molecule has 2 aliphatic rings. The first-order valence-corrected chi connectivity index (χ1v) is 7.17. The summed E-state index contributed by atoms with van der Waals surface area (Å²) in [5.74, 6) is 1.55. The second-order valence-corrected chi connectivity index (χ2v) is 5.65. The molecule has 0 aliphatic carbocycles. The van der Waals surface area contributed by atoms with Gasteiger partial charge in [-0.05, 0) is 25.5 Å². The van der Waals surface area contributed by atoms with E-state index in [0.717, 1.165) is 42.4 Å². The molecule has 1 fully saturated rings. The zero-order valence-corrected chi connectivity index (χ0v) is 12.1. The fourth-order valence-corrected chi connectivity index (χ4v) is 2.94. The van der Waals surface area contributed by atoms with E-state index >= 15 is 0 Å². The summed E-state index contributed by atoms with van der Waals surface area (Å²) in [4.78, 5) is 2.38. The summed E-state index contributed by atoms with van der Waals surface area (Å²) in [5, 5.41) is 0. The van der Waals surface area contributed by atoms with Gasteiger partial charge in [-0.15, -0.1) is 0 Å². The summed E-state index contributed by atoms with van der Waals surface area (Å²) < 4.78 is 16.9. The van der Waals surface area contributed by atoms with Crippen molar-refractivity contribution >= 4 is 5.69 Å². The minimum absolute atomic E-state index is 0.261. The maximum atomic E-state index is 6.14. The number of hydrogen-bond acceptors (Lipinski definition) is 5.